The molecule has 1 saturated carbocycles. The SMILES string of the molecule is C=CC1CC(C=C(C)C)C1(C)C. The van der Waals surface area contributed by atoms with Crippen LogP contribution in [0.1, 0.15) is 34.1 Å². The van der Waals surface area contributed by atoms with Crippen LogP contribution < -0.4 is 0 Å². The maximum absolute atomic E-state index is 3.87. The molecule has 0 heterocycles. The lowest BCUT2D eigenvalue weighted by Gasteiger charge is -2.50. The Labute approximate surface area is 76.4 Å². The molecule has 0 N–H and O–H groups in total. The Morgan fingerprint density at radius 1 is 1.33 bits per heavy atom. The second-order valence-corrected chi connectivity index (χ2v) is 4.75. The molecule has 0 radical (unpaired) electrons. The second-order valence-electron chi connectivity index (χ2n) is 4.75. The number of hydrogen-bond donors (Lipinski definition) is 0. The Balaban J connectivity index is 2.65. The molecule has 2 unspecified atom stereocenters. The van der Waals surface area contributed by atoms with E-state index in [4.69, 9.17) is 0 Å². The Bertz CT molecular complexity index is 204. The van der Waals surface area contributed by atoms with Gasteiger partial charge in [-0.05, 0) is 37.5 Å². The molecule has 1 aliphatic carbocycles. The molecule has 1 aliphatic rings. The molecule has 0 aromatic heterocycles. The monoisotopic (exact) mass is 164 g/mol. The third kappa shape index (κ3) is 1.48. The summed E-state index contributed by atoms with van der Waals surface area (Å²) in [4.78, 5) is 0. The first kappa shape index (κ1) is 9.57. The summed E-state index contributed by atoms with van der Waals surface area (Å²) in [5.74, 6) is 1.49. The van der Waals surface area contributed by atoms with Gasteiger partial charge in [0, 0.05) is 0 Å². The molecule has 0 amide bonds. The van der Waals surface area contributed by atoms with E-state index in [0.29, 0.717) is 5.41 Å². The zero-order valence-electron chi connectivity index (χ0n) is 8.72. The molecule has 0 aromatic rings. The van der Waals surface area contributed by atoms with Crippen molar-refractivity contribution in [3.63, 3.8) is 0 Å². The van der Waals surface area contributed by atoms with Gasteiger partial charge in [0.25, 0.3) is 0 Å². The predicted molar refractivity (Wildman–Crippen MR) is 55.0 cm³/mol. The minimum Gasteiger partial charge on any atom is -0.103 e. The Hall–Kier alpha value is -0.520. The number of allylic oxidation sites excluding steroid dienone is 3. The Morgan fingerprint density at radius 2 is 1.92 bits per heavy atom. The molecule has 0 nitrogen and oxygen atoms in total. The van der Waals surface area contributed by atoms with Crippen molar-refractivity contribution in [1.29, 1.82) is 0 Å². The van der Waals surface area contributed by atoms with Crippen molar-refractivity contribution in [2.75, 3.05) is 0 Å². The lowest BCUT2D eigenvalue weighted by molar-refractivity contribution is 0.0469. The smallest absolute Gasteiger partial charge is 0.0168 e. The van der Waals surface area contributed by atoms with E-state index >= 15 is 0 Å². The summed E-state index contributed by atoms with van der Waals surface area (Å²) in [7, 11) is 0. The van der Waals surface area contributed by atoms with Gasteiger partial charge in [0.05, 0.1) is 0 Å². The van der Waals surface area contributed by atoms with Gasteiger partial charge < -0.3 is 0 Å². The Morgan fingerprint density at radius 3 is 2.25 bits per heavy atom. The molecule has 0 bridgehead atoms. The topological polar surface area (TPSA) is 0 Å². The number of rotatable bonds is 2. The first-order chi connectivity index (χ1) is 5.48. The van der Waals surface area contributed by atoms with Crippen molar-refractivity contribution in [3.8, 4) is 0 Å². The standard InChI is InChI=1S/C12H20/c1-6-10-8-11(7-9(2)3)12(10,4)5/h6-7,10-11H,1,8H2,2-5H3. The molecule has 1 fully saturated rings. The van der Waals surface area contributed by atoms with E-state index in [0.717, 1.165) is 11.8 Å². The van der Waals surface area contributed by atoms with Gasteiger partial charge in [0.15, 0.2) is 0 Å². The third-order valence-corrected chi connectivity index (χ3v) is 3.24. The molecule has 0 aromatic carbocycles. The lowest BCUT2D eigenvalue weighted by Crippen LogP contribution is -2.42. The van der Waals surface area contributed by atoms with Crippen LogP contribution in [0.5, 0.6) is 0 Å². The fourth-order valence-corrected chi connectivity index (χ4v) is 2.08. The van der Waals surface area contributed by atoms with E-state index in [2.05, 4.69) is 46.4 Å². The van der Waals surface area contributed by atoms with E-state index in [1.165, 1.54) is 12.0 Å². The highest BCUT2D eigenvalue weighted by Gasteiger charge is 2.44. The molecular weight excluding hydrogens is 144 g/mol. The molecule has 68 valence electrons. The van der Waals surface area contributed by atoms with E-state index < -0.39 is 0 Å². The van der Waals surface area contributed by atoms with Gasteiger partial charge in [-0.25, -0.2) is 0 Å². The van der Waals surface area contributed by atoms with Gasteiger partial charge in [-0.1, -0.05) is 31.6 Å². The van der Waals surface area contributed by atoms with Crippen LogP contribution in [-0.4, -0.2) is 0 Å². The van der Waals surface area contributed by atoms with E-state index in [1.54, 1.807) is 0 Å². The maximum atomic E-state index is 3.87. The van der Waals surface area contributed by atoms with Crippen LogP contribution in [0.3, 0.4) is 0 Å². The van der Waals surface area contributed by atoms with Crippen molar-refractivity contribution >= 4 is 0 Å². The minimum absolute atomic E-state index is 0.443. The first-order valence-corrected chi connectivity index (χ1v) is 4.76. The molecular formula is C12H20. The van der Waals surface area contributed by atoms with Crippen molar-refractivity contribution in [2.45, 2.75) is 34.1 Å². The lowest BCUT2D eigenvalue weighted by atomic mass is 9.54. The van der Waals surface area contributed by atoms with Gasteiger partial charge >= 0.3 is 0 Å². The highest BCUT2D eigenvalue weighted by Crippen LogP contribution is 2.52. The quantitative estimate of drug-likeness (QED) is 0.544. The predicted octanol–water partition coefficient (Wildman–Crippen LogP) is 3.80. The van der Waals surface area contributed by atoms with Gasteiger partial charge in [0.1, 0.15) is 0 Å². The van der Waals surface area contributed by atoms with Crippen LogP contribution in [0.4, 0.5) is 0 Å². The number of hydrogen-bond acceptors (Lipinski definition) is 0. The average molecular weight is 164 g/mol. The van der Waals surface area contributed by atoms with Crippen molar-refractivity contribution in [2.24, 2.45) is 17.3 Å². The van der Waals surface area contributed by atoms with Gasteiger partial charge in [-0.2, -0.15) is 0 Å². The van der Waals surface area contributed by atoms with Crippen LogP contribution in [0, 0.1) is 17.3 Å². The highest BCUT2D eigenvalue weighted by atomic mass is 14.5. The highest BCUT2D eigenvalue weighted by molar-refractivity contribution is 5.13. The van der Waals surface area contributed by atoms with Gasteiger partial charge in [-0.3, -0.25) is 0 Å². The Kier molecular flexibility index (Phi) is 2.46. The molecule has 0 saturated heterocycles. The molecule has 0 aliphatic heterocycles. The van der Waals surface area contributed by atoms with Crippen molar-refractivity contribution in [1.82, 2.24) is 0 Å². The van der Waals surface area contributed by atoms with E-state index in [-0.39, 0.29) is 0 Å². The summed E-state index contributed by atoms with van der Waals surface area (Å²) >= 11 is 0. The molecule has 0 heteroatoms. The summed E-state index contributed by atoms with van der Waals surface area (Å²) in [6, 6.07) is 0. The zero-order chi connectivity index (χ0) is 9.35. The van der Waals surface area contributed by atoms with Crippen LogP contribution in [0.25, 0.3) is 0 Å². The van der Waals surface area contributed by atoms with Gasteiger partial charge in [0.2, 0.25) is 0 Å². The normalized spacial score (nSPS) is 32.0. The second kappa shape index (κ2) is 3.08. The minimum atomic E-state index is 0.443. The fraction of sp³-hybridized carbons (Fsp3) is 0.667. The maximum Gasteiger partial charge on any atom is -0.0168 e. The molecule has 2 atom stereocenters. The summed E-state index contributed by atoms with van der Waals surface area (Å²) in [5.41, 5.74) is 1.88. The van der Waals surface area contributed by atoms with Crippen LogP contribution in [0.15, 0.2) is 24.3 Å². The van der Waals surface area contributed by atoms with Crippen molar-refractivity contribution < 1.29 is 0 Å². The summed E-state index contributed by atoms with van der Waals surface area (Å²) < 4.78 is 0. The van der Waals surface area contributed by atoms with Crippen molar-refractivity contribution in [3.05, 3.63) is 24.3 Å². The summed E-state index contributed by atoms with van der Waals surface area (Å²) in [6.07, 6.45) is 5.80. The molecule has 12 heavy (non-hydrogen) atoms. The summed E-state index contributed by atoms with van der Waals surface area (Å²) in [6.45, 7) is 12.9. The fourth-order valence-electron chi connectivity index (χ4n) is 2.08. The summed E-state index contributed by atoms with van der Waals surface area (Å²) in [5, 5.41) is 0. The largest absolute Gasteiger partial charge is 0.103 e. The van der Waals surface area contributed by atoms with Gasteiger partial charge in [-0.15, -0.1) is 6.58 Å². The molecule has 1 rings (SSSR count). The average Bonchev–Trinajstić information content (AvgIpc) is 1.96. The van der Waals surface area contributed by atoms with E-state index in [1.807, 2.05) is 0 Å². The van der Waals surface area contributed by atoms with Crippen LogP contribution in [-0.2, 0) is 0 Å². The first-order valence-electron chi connectivity index (χ1n) is 4.76. The third-order valence-electron chi connectivity index (χ3n) is 3.24. The van der Waals surface area contributed by atoms with E-state index in [9.17, 15) is 0 Å². The molecule has 0 spiro atoms. The zero-order valence-corrected chi connectivity index (χ0v) is 8.72. The van der Waals surface area contributed by atoms with Crippen LogP contribution in [0.2, 0.25) is 0 Å². The van der Waals surface area contributed by atoms with Crippen LogP contribution >= 0.6 is 0 Å².